The lowest BCUT2D eigenvalue weighted by atomic mass is 10.1. The third kappa shape index (κ3) is 4.95. The number of esters is 1. The number of ether oxygens (including phenoxy) is 2. The van der Waals surface area contributed by atoms with E-state index in [4.69, 9.17) is 0 Å². The Morgan fingerprint density at radius 2 is 1.74 bits per heavy atom. The fraction of sp³-hybridized carbons (Fsp3) is 0.174. The molecule has 0 saturated carbocycles. The van der Waals surface area contributed by atoms with Crippen molar-refractivity contribution in [3.8, 4) is 16.2 Å². The number of alkyl halides is 3. The first-order valence-corrected chi connectivity index (χ1v) is 12.2. The monoisotopic (exact) mass is 509 g/mol. The minimum absolute atomic E-state index is 0.0680. The molecule has 11 heteroatoms. The second kappa shape index (κ2) is 9.15. The molecule has 0 fully saturated rings. The molecule has 2 aromatic carbocycles. The predicted molar refractivity (Wildman–Crippen MR) is 121 cm³/mol. The first-order chi connectivity index (χ1) is 16.1. The molecule has 0 aliphatic heterocycles. The van der Waals surface area contributed by atoms with Crippen LogP contribution in [0, 0.1) is 0 Å². The average Bonchev–Trinajstić information content (AvgIpc) is 3.43. The van der Waals surface area contributed by atoms with E-state index in [1.165, 1.54) is 47.6 Å². The van der Waals surface area contributed by atoms with Crippen molar-refractivity contribution in [2.45, 2.75) is 23.4 Å². The second-order valence-corrected chi connectivity index (χ2v) is 10.4. The number of nitrogens with zero attached hydrogens (tertiary/aromatic N) is 1. The molecule has 34 heavy (non-hydrogen) atoms. The number of methoxy groups -OCH3 is 1. The molecule has 0 N–H and O–H groups in total. The van der Waals surface area contributed by atoms with Crippen molar-refractivity contribution in [2.24, 2.45) is 0 Å². The van der Waals surface area contributed by atoms with E-state index in [2.05, 4.69) is 9.47 Å². The summed E-state index contributed by atoms with van der Waals surface area (Å²) in [5, 5.41) is 0.715. The first kappa shape index (κ1) is 23.8. The lowest BCUT2D eigenvalue weighted by molar-refractivity contribution is -0.274. The van der Waals surface area contributed by atoms with Crippen LogP contribution < -0.4 is 4.74 Å². The number of fused-ring (bicyclic) bond motifs is 1. The Balaban J connectivity index is 1.65. The zero-order valence-corrected chi connectivity index (χ0v) is 19.3. The standard InChI is InChI=1S/C23H18F3NO5S2/c1-31-21(28)12-8-16-14-27(19-5-3-2-4-18(16)19)34(29,30)22-13-11-20(33-22)15-6-9-17(10-7-15)32-23(24,25)26/h2-7,9-11,13-14H,8,12H2,1H3. The quantitative estimate of drug-likeness (QED) is 0.303. The van der Waals surface area contributed by atoms with Crippen LogP contribution in [0.15, 0.2) is 71.1 Å². The van der Waals surface area contributed by atoms with Gasteiger partial charge in [-0.05, 0) is 60.0 Å². The predicted octanol–water partition coefficient (Wildman–Crippen LogP) is 5.61. The number of hydrogen-bond donors (Lipinski definition) is 0. The van der Waals surface area contributed by atoms with E-state index >= 15 is 0 Å². The van der Waals surface area contributed by atoms with Gasteiger partial charge in [-0.1, -0.05) is 18.2 Å². The lowest BCUT2D eigenvalue weighted by Gasteiger charge is -2.08. The number of benzene rings is 2. The molecule has 0 aliphatic rings. The van der Waals surface area contributed by atoms with E-state index in [0.717, 1.165) is 11.3 Å². The Bertz CT molecular complexity index is 1440. The number of rotatable bonds is 7. The number of aryl methyl sites for hydroxylation is 1. The van der Waals surface area contributed by atoms with E-state index in [-0.39, 0.29) is 16.4 Å². The Hall–Kier alpha value is -3.31. The van der Waals surface area contributed by atoms with Gasteiger partial charge in [-0.25, -0.2) is 3.97 Å². The molecule has 0 aliphatic carbocycles. The summed E-state index contributed by atoms with van der Waals surface area (Å²) in [5.74, 6) is -0.756. The van der Waals surface area contributed by atoms with Crippen LogP contribution in [0.25, 0.3) is 21.3 Å². The summed E-state index contributed by atoms with van der Waals surface area (Å²) < 4.78 is 73.8. The molecule has 0 spiro atoms. The summed E-state index contributed by atoms with van der Waals surface area (Å²) in [7, 11) is -2.67. The normalized spacial score (nSPS) is 12.1. The Morgan fingerprint density at radius 3 is 2.41 bits per heavy atom. The van der Waals surface area contributed by atoms with Gasteiger partial charge in [-0.15, -0.1) is 24.5 Å². The second-order valence-electron chi connectivity index (χ2n) is 7.24. The van der Waals surface area contributed by atoms with Crippen molar-refractivity contribution in [3.05, 3.63) is 72.4 Å². The van der Waals surface area contributed by atoms with Crippen molar-refractivity contribution < 1.29 is 35.9 Å². The number of thiophene rings is 1. The van der Waals surface area contributed by atoms with Crippen LogP contribution in [-0.2, 0) is 26.0 Å². The maximum absolute atomic E-state index is 13.4. The van der Waals surface area contributed by atoms with Gasteiger partial charge in [0.15, 0.2) is 0 Å². The molecule has 4 aromatic rings. The van der Waals surface area contributed by atoms with Crippen LogP contribution >= 0.6 is 11.3 Å². The van der Waals surface area contributed by atoms with Gasteiger partial charge in [0.2, 0.25) is 0 Å². The van der Waals surface area contributed by atoms with E-state index in [0.29, 0.717) is 33.3 Å². The molecule has 0 amide bonds. The zero-order chi connectivity index (χ0) is 24.5. The van der Waals surface area contributed by atoms with Gasteiger partial charge < -0.3 is 9.47 Å². The Kier molecular flexibility index (Phi) is 6.41. The number of halogens is 3. The highest BCUT2D eigenvalue weighted by Crippen LogP contribution is 2.35. The average molecular weight is 510 g/mol. The fourth-order valence-electron chi connectivity index (χ4n) is 3.49. The third-order valence-corrected chi connectivity index (χ3v) is 8.33. The topological polar surface area (TPSA) is 74.6 Å². The van der Waals surface area contributed by atoms with Gasteiger partial charge in [0.25, 0.3) is 10.0 Å². The van der Waals surface area contributed by atoms with Crippen LogP contribution in [0.5, 0.6) is 5.75 Å². The third-order valence-electron chi connectivity index (χ3n) is 5.05. The van der Waals surface area contributed by atoms with Gasteiger partial charge in [-0.3, -0.25) is 4.79 Å². The molecule has 0 radical (unpaired) electrons. The van der Waals surface area contributed by atoms with E-state index in [1.54, 1.807) is 30.3 Å². The highest BCUT2D eigenvalue weighted by Gasteiger charge is 2.31. The molecule has 0 unspecified atom stereocenters. The number of para-hydroxylation sites is 1. The largest absolute Gasteiger partial charge is 0.573 e. The highest BCUT2D eigenvalue weighted by atomic mass is 32.2. The number of aromatic nitrogens is 1. The van der Waals surface area contributed by atoms with Crippen LogP contribution in [0.2, 0.25) is 0 Å². The zero-order valence-electron chi connectivity index (χ0n) is 17.7. The molecule has 0 atom stereocenters. The Morgan fingerprint density at radius 1 is 1.03 bits per heavy atom. The van der Waals surface area contributed by atoms with Gasteiger partial charge in [0.05, 0.1) is 12.6 Å². The number of carbonyl (C=O) groups excluding carboxylic acids is 1. The highest BCUT2D eigenvalue weighted by molar-refractivity contribution is 7.92. The van der Waals surface area contributed by atoms with Gasteiger partial charge in [0.1, 0.15) is 9.96 Å². The van der Waals surface area contributed by atoms with Crippen LogP contribution in [0.1, 0.15) is 12.0 Å². The molecule has 0 bridgehead atoms. The van der Waals surface area contributed by atoms with Crippen molar-refractivity contribution in [2.75, 3.05) is 7.11 Å². The molecule has 178 valence electrons. The van der Waals surface area contributed by atoms with Crippen molar-refractivity contribution in [1.29, 1.82) is 0 Å². The smallest absolute Gasteiger partial charge is 0.469 e. The SMILES string of the molecule is COC(=O)CCc1cn(S(=O)(=O)c2ccc(-c3ccc(OC(F)(F)F)cc3)s2)c2ccccc12. The molecule has 2 aromatic heterocycles. The van der Waals surface area contributed by atoms with Gasteiger partial charge >= 0.3 is 12.3 Å². The van der Waals surface area contributed by atoms with E-state index in [1.807, 2.05) is 0 Å². The van der Waals surface area contributed by atoms with E-state index < -0.39 is 22.4 Å². The van der Waals surface area contributed by atoms with Crippen LogP contribution in [0.3, 0.4) is 0 Å². The molecule has 6 nitrogen and oxygen atoms in total. The summed E-state index contributed by atoms with van der Waals surface area (Å²) in [6.45, 7) is 0. The summed E-state index contributed by atoms with van der Waals surface area (Å²) in [6, 6.07) is 15.2. The minimum Gasteiger partial charge on any atom is -0.469 e. The van der Waals surface area contributed by atoms with Crippen molar-refractivity contribution in [3.63, 3.8) is 0 Å². The maximum Gasteiger partial charge on any atom is 0.573 e. The summed E-state index contributed by atoms with van der Waals surface area (Å²) >= 11 is 1.00. The number of carbonyl (C=O) groups is 1. The minimum atomic E-state index is -4.79. The Labute approximate surface area is 197 Å². The maximum atomic E-state index is 13.4. The summed E-state index contributed by atoms with van der Waals surface area (Å²) in [5.41, 5.74) is 1.73. The van der Waals surface area contributed by atoms with Crippen LogP contribution in [-0.4, -0.2) is 31.8 Å². The fourth-order valence-corrected chi connectivity index (χ4v) is 6.28. The molecule has 0 saturated heterocycles. The summed E-state index contributed by atoms with van der Waals surface area (Å²) in [4.78, 5) is 12.1. The summed E-state index contributed by atoms with van der Waals surface area (Å²) in [6.07, 6.45) is -2.86. The molecular formula is C23H18F3NO5S2. The number of hydrogen-bond acceptors (Lipinski definition) is 6. The van der Waals surface area contributed by atoms with Crippen molar-refractivity contribution >= 4 is 38.2 Å². The van der Waals surface area contributed by atoms with E-state index in [9.17, 15) is 26.4 Å². The van der Waals surface area contributed by atoms with Gasteiger partial charge in [0, 0.05) is 22.9 Å². The molecular weight excluding hydrogens is 491 g/mol. The lowest BCUT2D eigenvalue weighted by Crippen LogP contribution is -2.16. The van der Waals surface area contributed by atoms with Crippen molar-refractivity contribution in [1.82, 2.24) is 3.97 Å². The molecule has 4 rings (SSSR count). The first-order valence-electron chi connectivity index (χ1n) is 9.96. The van der Waals surface area contributed by atoms with Crippen LogP contribution in [0.4, 0.5) is 13.2 Å². The molecule has 2 heterocycles. The van der Waals surface area contributed by atoms with Gasteiger partial charge in [-0.2, -0.15) is 8.42 Å².